The molecule has 0 fully saturated rings. The van der Waals surface area contributed by atoms with Gasteiger partial charge < -0.3 is 24.3 Å². The minimum atomic E-state index is 0.392. The first-order valence-corrected chi connectivity index (χ1v) is 9.11. The highest BCUT2D eigenvalue weighted by molar-refractivity contribution is 5.93. The van der Waals surface area contributed by atoms with E-state index in [-0.39, 0.29) is 0 Å². The lowest BCUT2D eigenvalue weighted by molar-refractivity contribution is 0.132. The van der Waals surface area contributed by atoms with Gasteiger partial charge in [0.1, 0.15) is 25.4 Å². The van der Waals surface area contributed by atoms with Crippen LogP contribution in [0, 0.1) is 12.3 Å². The van der Waals surface area contributed by atoms with Gasteiger partial charge in [0.2, 0.25) is 0 Å². The zero-order valence-electron chi connectivity index (χ0n) is 16.5. The van der Waals surface area contributed by atoms with Crippen molar-refractivity contribution in [3.05, 3.63) is 48.3 Å². The van der Waals surface area contributed by atoms with E-state index in [9.17, 15) is 0 Å². The normalized spacial score (nSPS) is 10.5. The van der Waals surface area contributed by atoms with Crippen molar-refractivity contribution >= 4 is 22.4 Å². The van der Waals surface area contributed by atoms with Crippen LogP contribution in [0.4, 0.5) is 11.5 Å². The Morgan fingerprint density at radius 2 is 1.66 bits per heavy atom. The van der Waals surface area contributed by atoms with E-state index >= 15 is 0 Å². The third-order valence-corrected chi connectivity index (χ3v) is 4.08. The molecule has 0 saturated carbocycles. The number of terminal acetylenes is 1. The van der Waals surface area contributed by atoms with Crippen molar-refractivity contribution in [2.75, 3.05) is 46.0 Å². The summed E-state index contributed by atoms with van der Waals surface area (Å²) in [4.78, 5) is 8.75. The molecule has 1 aromatic heterocycles. The number of ether oxygens (including phenoxy) is 4. The van der Waals surface area contributed by atoms with Crippen molar-refractivity contribution in [3.63, 3.8) is 0 Å². The molecule has 1 heterocycles. The average Bonchev–Trinajstić information content (AvgIpc) is 2.75. The van der Waals surface area contributed by atoms with Crippen molar-refractivity contribution in [1.29, 1.82) is 0 Å². The van der Waals surface area contributed by atoms with E-state index in [4.69, 9.17) is 25.4 Å². The van der Waals surface area contributed by atoms with Crippen LogP contribution >= 0.6 is 0 Å². The van der Waals surface area contributed by atoms with Crippen LogP contribution in [-0.2, 0) is 9.47 Å². The van der Waals surface area contributed by atoms with Crippen LogP contribution < -0.4 is 14.8 Å². The van der Waals surface area contributed by atoms with Crippen molar-refractivity contribution in [1.82, 2.24) is 9.97 Å². The maximum atomic E-state index is 5.86. The standard InChI is InChI=1S/C22H23N3O4/c1-4-16-6-5-7-17(12-16)25-22-18-13-20(28-10-8-26-2)21(29-11-9-27-3)14-19(18)23-15-24-22/h1,5-7,12-15H,8-11H2,2-3H3,(H,23,24,25)/i3-1. The lowest BCUT2D eigenvalue weighted by Gasteiger charge is -2.15. The van der Waals surface area contributed by atoms with E-state index in [1.165, 1.54) is 6.33 Å². The monoisotopic (exact) mass is 392 g/mol. The van der Waals surface area contributed by atoms with E-state index < -0.39 is 0 Å². The summed E-state index contributed by atoms with van der Waals surface area (Å²) in [5, 5.41) is 4.10. The maximum absolute atomic E-state index is 5.86. The average molecular weight is 392 g/mol. The number of hydrogen-bond donors (Lipinski definition) is 1. The number of anilines is 2. The van der Waals surface area contributed by atoms with E-state index in [1.807, 2.05) is 36.4 Å². The predicted molar refractivity (Wildman–Crippen MR) is 112 cm³/mol. The van der Waals surface area contributed by atoms with Gasteiger partial charge in [-0.2, -0.15) is 0 Å². The lowest BCUT2D eigenvalue weighted by Crippen LogP contribution is -2.09. The third kappa shape index (κ3) is 5.35. The molecular formula is C22H23N3O4. The minimum Gasteiger partial charge on any atom is -0.487 e. The SMILES string of the molecule is C#Cc1cccc(Nc2ncnc3cc(OCCO[11CH3])c(OCCOC)cc23)c1. The van der Waals surface area contributed by atoms with Gasteiger partial charge >= 0.3 is 0 Å². The molecule has 150 valence electrons. The molecule has 0 saturated heterocycles. The number of methoxy groups -OCH3 is 2. The quantitative estimate of drug-likeness (QED) is 0.419. The number of nitrogens with one attached hydrogen (secondary N) is 1. The zero-order valence-corrected chi connectivity index (χ0v) is 16.5. The van der Waals surface area contributed by atoms with Crippen LogP contribution in [0.25, 0.3) is 10.9 Å². The van der Waals surface area contributed by atoms with Gasteiger partial charge in [0.15, 0.2) is 11.5 Å². The third-order valence-electron chi connectivity index (χ3n) is 4.08. The van der Waals surface area contributed by atoms with Crippen molar-refractivity contribution in [2.45, 2.75) is 0 Å². The molecule has 29 heavy (non-hydrogen) atoms. The first-order valence-electron chi connectivity index (χ1n) is 9.11. The lowest BCUT2D eigenvalue weighted by atomic mass is 10.2. The minimum absolute atomic E-state index is 0.392. The molecule has 1 N–H and O–H groups in total. The summed E-state index contributed by atoms with van der Waals surface area (Å²) in [6, 6.07) is 11.3. The molecule has 0 radical (unpaired) electrons. The van der Waals surface area contributed by atoms with Gasteiger partial charge in [-0.25, -0.2) is 9.97 Å². The fraction of sp³-hybridized carbons (Fsp3) is 0.273. The second-order valence-corrected chi connectivity index (χ2v) is 6.07. The largest absolute Gasteiger partial charge is 0.487 e. The van der Waals surface area contributed by atoms with E-state index in [0.717, 1.165) is 22.2 Å². The smallest absolute Gasteiger partial charge is 0.163 e. The Labute approximate surface area is 170 Å². The molecule has 3 aromatic rings. The van der Waals surface area contributed by atoms with E-state index in [1.54, 1.807) is 14.2 Å². The Hall–Kier alpha value is -3.34. The van der Waals surface area contributed by atoms with E-state index in [0.29, 0.717) is 43.7 Å². The Bertz CT molecular complexity index is 1000. The molecule has 2 aromatic carbocycles. The van der Waals surface area contributed by atoms with Crippen molar-refractivity contribution in [2.24, 2.45) is 0 Å². The molecule has 7 heteroatoms. The van der Waals surface area contributed by atoms with Gasteiger partial charge in [-0.15, -0.1) is 6.42 Å². The summed E-state index contributed by atoms with van der Waals surface area (Å²) < 4.78 is 21.8. The number of fused-ring (bicyclic) bond motifs is 1. The van der Waals surface area contributed by atoms with Crippen molar-refractivity contribution < 1.29 is 18.9 Å². The van der Waals surface area contributed by atoms with Crippen LogP contribution in [0.1, 0.15) is 5.56 Å². The Morgan fingerprint density at radius 1 is 0.931 bits per heavy atom. The van der Waals surface area contributed by atoms with Gasteiger partial charge in [0.25, 0.3) is 0 Å². The Balaban J connectivity index is 1.96. The number of nitrogens with zero attached hydrogens (tertiary/aromatic N) is 2. The zero-order chi connectivity index (χ0) is 20.5. The van der Waals surface area contributed by atoms with Crippen molar-refractivity contribution in [3.8, 4) is 23.8 Å². The number of aromatic nitrogens is 2. The molecule has 0 aliphatic rings. The molecular weight excluding hydrogens is 369 g/mol. The number of hydrogen-bond acceptors (Lipinski definition) is 7. The summed E-state index contributed by atoms with van der Waals surface area (Å²) in [5.41, 5.74) is 2.34. The molecule has 0 bridgehead atoms. The second kappa shape index (κ2) is 10.3. The first kappa shape index (κ1) is 20.4. The summed E-state index contributed by atoms with van der Waals surface area (Å²) in [7, 11) is 3.25. The Kier molecular flexibility index (Phi) is 7.22. The van der Waals surface area contributed by atoms with Gasteiger partial charge in [0.05, 0.1) is 18.7 Å². The fourth-order valence-electron chi connectivity index (χ4n) is 2.68. The summed E-state index contributed by atoms with van der Waals surface area (Å²) in [6.45, 7) is 1.73. The van der Waals surface area contributed by atoms with Gasteiger partial charge in [-0.1, -0.05) is 12.0 Å². The molecule has 7 nitrogen and oxygen atoms in total. The molecule has 0 atom stereocenters. The summed E-state index contributed by atoms with van der Waals surface area (Å²) in [5.74, 6) is 4.44. The number of rotatable bonds is 10. The molecule has 0 unspecified atom stereocenters. The highest BCUT2D eigenvalue weighted by atomic mass is 16.5. The van der Waals surface area contributed by atoms with Crippen LogP contribution in [0.2, 0.25) is 0 Å². The van der Waals surface area contributed by atoms with Crippen LogP contribution in [0.15, 0.2) is 42.7 Å². The molecule has 0 aliphatic carbocycles. The fourth-order valence-corrected chi connectivity index (χ4v) is 2.68. The van der Waals surface area contributed by atoms with Crippen LogP contribution in [0.5, 0.6) is 11.5 Å². The molecule has 0 amide bonds. The predicted octanol–water partition coefficient (Wildman–Crippen LogP) is 3.41. The highest BCUT2D eigenvalue weighted by Gasteiger charge is 2.13. The summed E-state index contributed by atoms with van der Waals surface area (Å²) >= 11 is 0. The van der Waals surface area contributed by atoms with E-state index in [2.05, 4.69) is 21.2 Å². The number of benzene rings is 2. The van der Waals surface area contributed by atoms with Crippen LogP contribution in [-0.4, -0.2) is 50.6 Å². The first-order chi connectivity index (χ1) is 14.2. The highest BCUT2D eigenvalue weighted by Crippen LogP contribution is 2.35. The maximum Gasteiger partial charge on any atom is 0.163 e. The summed E-state index contributed by atoms with van der Waals surface area (Å²) in [6.07, 6.45) is 6.99. The molecule has 0 spiro atoms. The van der Waals surface area contributed by atoms with Gasteiger partial charge in [-0.05, 0) is 24.3 Å². The van der Waals surface area contributed by atoms with Gasteiger partial charge in [-0.3, -0.25) is 0 Å². The van der Waals surface area contributed by atoms with Crippen LogP contribution in [0.3, 0.4) is 0 Å². The molecule has 3 rings (SSSR count). The molecule has 0 aliphatic heterocycles. The topological polar surface area (TPSA) is 74.7 Å². The Morgan fingerprint density at radius 3 is 2.34 bits per heavy atom. The van der Waals surface area contributed by atoms with Gasteiger partial charge in [0, 0.05) is 36.9 Å². The second-order valence-electron chi connectivity index (χ2n) is 6.07.